The van der Waals surface area contributed by atoms with Crippen molar-refractivity contribution in [3.8, 4) is 44.6 Å². The van der Waals surface area contributed by atoms with Gasteiger partial charge in [0, 0.05) is 22.5 Å². The Balaban J connectivity index is 1.22. The molecule has 0 radical (unpaired) electrons. The number of aromatic nitrogens is 2. The van der Waals surface area contributed by atoms with Crippen LogP contribution in [0.1, 0.15) is 0 Å². The number of hydrogen-bond acceptors (Lipinski definition) is 2. The largest absolute Gasteiger partial charge is 0.254 e. The molecule has 184 valence electrons. The van der Waals surface area contributed by atoms with E-state index in [9.17, 15) is 0 Å². The number of benzene rings is 6. The molecule has 0 saturated heterocycles. The Labute approximate surface area is 231 Å². The summed E-state index contributed by atoms with van der Waals surface area (Å²) in [5.41, 5.74) is 11.7. The number of rotatable bonds is 2. The molecule has 2 heterocycles. The van der Waals surface area contributed by atoms with Gasteiger partial charge in [-0.2, -0.15) is 0 Å². The minimum atomic E-state index is 0.941. The molecule has 0 unspecified atom stereocenters. The second kappa shape index (κ2) is 8.08. The predicted molar refractivity (Wildman–Crippen MR) is 167 cm³/mol. The fourth-order valence-electron chi connectivity index (χ4n) is 6.52. The molecular formula is C38H22N2. The fraction of sp³-hybridized carbons (Fsp3) is 0. The quantitative estimate of drug-likeness (QED) is 0.218. The second-order valence-corrected chi connectivity index (χ2v) is 10.6. The van der Waals surface area contributed by atoms with Gasteiger partial charge in [0.15, 0.2) is 0 Å². The van der Waals surface area contributed by atoms with Crippen molar-refractivity contribution in [1.82, 2.24) is 9.97 Å². The lowest BCUT2D eigenvalue weighted by Crippen LogP contribution is -1.89. The van der Waals surface area contributed by atoms with Crippen LogP contribution in [-0.2, 0) is 0 Å². The van der Waals surface area contributed by atoms with Crippen LogP contribution in [0.4, 0.5) is 0 Å². The van der Waals surface area contributed by atoms with E-state index in [2.05, 4.69) is 126 Å². The number of pyridine rings is 2. The van der Waals surface area contributed by atoms with E-state index < -0.39 is 0 Å². The molecule has 0 aliphatic heterocycles. The van der Waals surface area contributed by atoms with Gasteiger partial charge in [-0.25, -0.2) is 4.98 Å². The Morgan fingerprint density at radius 3 is 1.93 bits per heavy atom. The van der Waals surface area contributed by atoms with E-state index in [1.54, 1.807) is 0 Å². The fourth-order valence-corrected chi connectivity index (χ4v) is 6.52. The molecule has 2 heteroatoms. The normalized spacial score (nSPS) is 12.0. The van der Waals surface area contributed by atoms with E-state index in [-0.39, 0.29) is 0 Å². The first kappa shape index (κ1) is 21.6. The number of hydrogen-bond donors (Lipinski definition) is 0. The summed E-state index contributed by atoms with van der Waals surface area (Å²) in [4.78, 5) is 9.74. The first-order chi connectivity index (χ1) is 19.8. The lowest BCUT2D eigenvalue weighted by atomic mass is 9.93. The zero-order valence-electron chi connectivity index (χ0n) is 21.6. The van der Waals surface area contributed by atoms with E-state index in [1.807, 2.05) is 12.3 Å². The summed E-state index contributed by atoms with van der Waals surface area (Å²) in [6.07, 6.45) is 1.84. The molecule has 0 bridgehead atoms. The highest BCUT2D eigenvalue weighted by atomic mass is 14.7. The van der Waals surface area contributed by atoms with Crippen molar-refractivity contribution in [2.45, 2.75) is 0 Å². The molecule has 0 spiro atoms. The van der Waals surface area contributed by atoms with Crippen molar-refractivity contribution >= 4 is 43.4 Å². The van der Waals surface area contributed by atoms with Gasteiger partial charge in [-0.05, 0) is 85.3 Å². The maximum Gasteiger partial charge on any atom is 0.0972 e. The van der Waals surface area contributed by atoms with E-state index in [0.717, 1.165) is 33.1 Å². The summed E-state index contributed by atoms with van der Waals surface area (Å²) in [5.74, 6) is 0. The van der Waals surface area contributed by atoms with E-state index >= 15 is 0 Å². The Kier molecular flexibility index (Phi) is 4.36. The van der Waals surface area contributed by atoms with Crippen molar-refractivity contribution < 1.29 is 0 Å². The standard InChI is InChI=1S/C38H22N2/c1-2-7-26-22-34-32-17-16-29(30-11-4-12-31(36(30)32)33(34)21-25(26)6-1)27-8-3-9-28(20-27)35-18-15-24-14-13-23-10-5-19-39-37(23)38(24)40-35/h1-22H. The molecule has 40 heavy (non-hydrogen) atoms. The Morgan fingerprint density at radius 2 is 1.07 bits per heavy atom. The summed E-state index contributed by atoms with van der Waals surface area (Å²) >= 11 is 0. The first-order valence-corrected chi connectivity index (χ1v) is 13.7. The Bertz CT molecular complexity index is 2280. The van der Waals surface area contributed by atoms with Gasteiger partial charge >= 0.3 is 0 Å². The van der Waals surface area contributed by atoms with Crippen LogP contribution in [0.15, 0.2) is 134 Å². The van der Waals surface area contributed by atoms with Crippen LogP contribution < -0.4 is 0 Å². The zero-order valence-corrected chi connectivity index (χ0v) is 21.6. The molecule has 9 rings (SSSR count). The molecule has 2 aromatic heterocycles. The molecule has 6 aromatic carbocycles. The molecule has 8 aromatic rings. The van der Waals surface area contributed by atoms with Gasteiger partial charge in [-0.15, -0.1) is 0 Å². The van der Waals surface area contributed by atoms with E-state index in [0.29, 0.717) is 0 Å². The topological polar surface area (TPSA) is 25.8 Å². The molecule has 0 N–H and O–H groups in total. The molecule has 1 aliphatic rings. The van der Waals surface area contributed by atoms with Gasteiger partial charge < -0.3 is 0 Å². The molecule has 0 fully saturated rings. The average Bonchev–Trinajstić information content (AvgIpc) is 3.33. The highest BCUT2D eigenvalue weighted by Crippen LogP contribution is 2.50. The van der Waals surface area contributed by atoms with Crippen LogP contribution in [0, 0.1) is 0 Å². The maximum atomic E-state index is 5.10. The molecule has 0 saturated carbocycles. The monoisotopic (exact) mass is 506 g/mol. The molecule has 2 nitrogen and oxygen atoms in total. The summed E-state index contributed by atoms with van der Waals surface area (Å²) in [6, 6.07) is 46.0. The Hall–Kier alpha value is -5.34. The Morgan fingerprint density at radius 1 is 0.400 bits per heavy atom. The summed E-state index contributed by atoms with van der Waals surface area (Å²) in [5, 5.41) is 7.40. The summed E-state index contributed by atoms with van der Waals surface area (Å²) < 4.78 is 0. The van der Waals surface area contributed by atoms with Gasteiger partial charge in [0.1, 0.15) is 0 Å². The van der Waals surface area contributed by atoms with Crippen LogP contribution in [0.25, 0.3) is 88.0 Å². The SMILES string of the molecule is c1cc(-c2ccc3ccc4cccnc4c3n2)cc(-c2ccc3c4c(cccc24)-c2cc4ccccc4cc2-3)c1. The number of nitrogens with zero attached hydrogens (tertiary/aromatic N) is 2. The van der Waals surface area contributed by atoms with Gasteiger partial charge in [0.05, 0.1) is 16.7 Å². The molecule has 0 atom stereocenters. The highest BCUT2D eigenvalue weighted by Gasteiger charge is 2.23. The summed E-state index contributed by atoms with van der Waals surface area (Å²) in [6.45, 7) is 0. The van der Waals surface area contributed by atoms with Gasteiger partial charge in [0.25, 0.3) is 0 Å². The average molecular weight is 507 g/mol. The molecule has 0 amide bonds. The smallest absolute Gasteiger partial charge is 0.0972 e. The lowest BCUT2D eigenvalue weighted by Gasteiger charge is -2.11. The third-order valence-corrected chi connectivity index (χ3v) is 8.41. The van der Waals surface area contributed by atoms with Crippen molar-refractivity contribution in [2.75, 3.05) is 0 Å². The van der Waals surface area contributed by atoms with Crippen LogP contribution in [0.3, 0.4) is 0 Å². The van der Waals surface area contributed by atoms with Crippen molar-refractivity contribution in [3.63, 3.8) is 0 Å². The zero-order chi connectivity index (χ0) is 26.2. The van der Waals surface area contributed by atoms with Gasteiger partial charge in [-0.3, -0.25) is 4.98 Å². The lowest BCUT2D eigenvalue weighted by molar-refractivity contribution is 1.37. The minimum absolute atomic E-state index is 0.941. The van der Waals surface area contributed by atoms with Crippen molar-refractivity contribution in [3.05, 3.63) is 134 Å². The van der Waals surface area contributed by atoms with Gasteiger partial charge in [0.2, 0.25) is 0 Å². The van der Waals surface area contributed by atoms with Crippen LogP contribution in [0.5, 0.6) is 0 Å². The van der Waals surface area contributed by atoms with Crippen LogP contribution in [-0.4, -0.2) is 9.97 Å². The minimum Gasteiger partial charge on any atom is -0.254 e. The van der Waals surface area contributed by atoms with Crippen LogP contribution in [0.2, 0.25) is 0 Å². The van der Waals surface area contributed by atoms with Crippen molar-refractivity contribution in [1.29, 1.82) is 0 Å². The van der Waals surface area contributed by atoms with Gasteiger partial charge in [-0.1, -0.05) is 97.1 Å². The number of fused-ring (bicyclic) bond motifs is 7. The highest BCUT2D eigenvalue weighted by molar-refractivity contribution is 6.20. The van der Waals surface area contributed by atoms with E-state index in [1.165, 1.54) is 54.9 Å². The third-order valence-electron chi connectivity index (χ3n) is 8.41. The maximum absolute atomic E-state index is 5.10. The van der Waals surface area contributed by atoms with Crippen LogP contribution >= 0.6 is 0 Å². The third kappa shape index (κ3) is 3.05. The second-order valence-electron chi connectivity index (χ2n) is 10.6. The predicted octanol–water partition coefficient (Wildman–Crippen LogP) is 10.1. The summed E-state index contributed by atoms with van der Waals surface area (Å²) in [7, 11) is 0. The van der Waals surface area contributed by atoms with Crippen molar-refractivity contribution in [2.24, 2.45) is 0 Å². The molecule has 1 aliphatic carbocycles. The van der Waals surface area contributed by atoms with E-state index in [4.69, 9.17) is 4.98 Å². The first-order valence-electron chi connectivity index (χ1n) is 13.7. The molecular weight excluding hydrogens is 484 g/mol.